The van der Waals surface area contributed by atoms with E-state index in [0.717, 1.165) is 18.2 Å². The lowest BCUT2D eigenvalue weighted by molar-refractivity contribution is 0.00278. The Hall–Kier alpha value is 0.447. The smallest absolute Gasteiger partial charge is 0.371 e. The molecule has 0 heterocycles. The van der Waals surface area contributed by atoms with Crippen LogP contribution in [-0.4, -0.2) is 32.9 Å². The van der Waals surface area contributed by atoms with Gasteiger partial charge in [0.25, 0.3) is 0 Å². The maximum absolute atomic E-state index is 6.22. The summed E-state index contributed by atoms with van der Waals surface area (Å²) < 4.78 is 18.7. The Morgan fingerprint density at radius 3 is 1.25 bits per heavy atom. The van der Waals surface area contributed by atoms with Crippen LogP contribution in [0.3, 0.4) is 0 Å². The Morgan fingerprint density at radius 2 is 0.917 bits per heavy atom. The van der Waals surface area contributed by atoms with Gasteiger partial charge in [-0.05, 0) is 60.1 Å². The normalized spacial score (nSPS) is 12.8. The van der Waals surface area contributed by atoms with Crippen molar-refractivity contribution in [3.05, 3.63) is 0 Å². The van der Waals surface area contributed by atoms with E-state index < -0.39 is 8.80 Å². The Labute approximate surface area is 158 Å². The van der Waals surface area contributed by atoms with Gasteiger partial charge in [-0.3, -0.25) is 0 Å². The molecule has 0 spiro atoms. The number of rotatable bonds is 16. The van der Waals surface area contributed by atoms with Gasteiger partial charge in [0.15, 0.2) is 0 Å². The fourth-order valence-electron chi connectivity index (χ4n) is 2.85. The molecule has 3 nitrogen and oxygen atoms in total. The maximum Gasteiger partial charge on any atom is 0.501 e. The standard InChI is InChI=1S/C19H42O3SSi/c1-17(2)20-24(21-18(3)4,22-19(5)6)16-14-12-10-8-7-9-11-13-15-23/h17-19,23H,7-16H2,1-6H3. The average Bonchev–Trinajstić information content (AvgIpc) is 2.43. The molecule has 0 aromatic carbocycles. The van der Waals surface area contributed by atoms with E-state index in [0.29, 0.717) is 0 Å². The van der Waals surface area contributed by atoms with E-state index in [1.807, 2.05) is 0 Å². The van der Waals surface area contributed by atoms with E-state index in [2.05, 4.69) is 54.2 Å². The molecule has 0 bridgehead atoms. The second-order valence-electron chi connectivity index (χ2n) is 7.48. The molecule has 146 valence electrons. The lowest BCUT2D eigenvalue weighted by Crippen LogP contribution is -2.50. The molecule has 0 aliphatic heterocycles. The first-order valence-electron chi connectivity index (χ1n) is 9.95. The molecule has 0 radical (unpaired) electrons. The molecule has 0 aliphatic rings. The summed E-state index contributed by atoms with van der Waals surface area (Å²) in [5.41, 5.74) is 0. The minimum atomic E-state index is -2.58. The molecule has 0 amide bonds. The van der Waals surface area contributed by atoms with E-state index in [1.54, 1.807) is 0 Å². The first kappa shape index (κ1) is 24.4. The number of hydrogen-bond donors (Lipinski definition) is 1. The highest BCUT2D eigenvalue weighted by Crippen LogP contribution is 2.25. The summed E-state index contributed by atoms with van der Waals surface area (Å²) in [5.74, 6) is 1.02. The lowest BCUT2D eigenvalue weighted by Gasteiger charge is -2.34. The minimum Gasteiger partial charge on any atom is -0.371 e. The van der Waals surface area contributed by atoms with Crippen LogP contribution in [0.1, 0.15) is 92.9 Å². The molecule has 0 unspecified atom stereocenters. The zero-order valence-corrected chi connectivity index (χ0v) is 18.9. The molecule has 24 heavy (non-hydrogen) atoms. The Balaban J connectivity index is 4.24. The number of unbranched alkanes of at least 4 members (excludes halogenated alkanes) is 7. The Kier molecular flexibility index (Phi) is 14.9. The number of hydrogen-bond acceptors (Lipinski definition) is 4. The molecular weight excluding hydrogens is 336 g/mol. The first-order chi connectivity index (χ1) is 11.3. The molecule has 0 aliphatic carbocycles. The van der Waals surface area contributed by atoms with Crippen LogP contribution in [0.5, 0.6) is 0 Å². The predicted molar refractivity (Wildman–Crippen MR) is 110 cm³/mol. The molecule has 0 N–H and O–H groups in total. The largest absolute Gasteiger partial charge is 0.501 e. The summed E-state index contributed by atoms with van der Waals surface area (Å²) in [6.45, 7) is 12.4. The van der Waals surface area contributed by atoms with Gasteiger partial charge in [-0.2, -0.15) is 12.6 Å². The van der Waals surface area contributed by atoms with Crippen molar-refractivity contribution in [3.8, 4) is 0 Å². The summed E-state index contributed by atoms with van der Waals surface area (Å²) in [4.78, 5) is 0. The zero-order valence-electron chi connectivity index (χ0n) is 17.0. The highest BCUT2D eigenvalue weighted by atomic mass is 32.1. The van der Waals surface area contributed by atoms with Gasteiger partial charge in [0.1, 0.15) is 0 Å². The van der Waals surface area contributed by atoms with Gasteiger partial charge in [0.2, 0.25) is 0 Å². The third-order valence-electron chi connectivity index (χ3n) is 3.64. The summed E-state index contributed by atoms with van der Waals surface area (Å²) in [7, 11) is -2.58. The minimum absolute atomic E-state index is 0.140. The van der Waals surface area contributed by atoms with Crippen LogP contribution in [0, 0.1) is 0 Å². The van der Waals surface area contributed by atoms with Crippen molar-refractivity contribution >= 4 is 21.4 Å². The Bertz CT molecular complexity index is 259. The van der Waals surface area contributed by atoms with Crippen LogP contribution in [-0.2, 0) is 13.3 Å². The molecule has 0 saturated heterocycles. The van der Waals surface area contributed by atoms with Crippen molar-refractivity contribution in [2.75, 3.05) is 5.75 Å². The second kappa shape index (κ2) is 14.6. The van der Waals surface area contributed by atoms with Crippen molar-refractivity contribution in [2.24, 2.45) is 0 Å². The van der Waals surface area contributed by atoms with E-state index in [9.17, 15) is 0 Å². The predicted octanol–water partition coefficient (Wildman–Crippen LogP) is 6.25. The Morgan fingerprint density at radius 1 is 0.583 bits per heavy atom. The molecule has 0 rings (SSSR count). The molecule has 0 fully saturated rings. The average molecular weight is 379 g/mol. The quantitative estimate of drug-likeness (QED) is 0.195. The maximum atomic E-state index is 6.22. The van der Waals surface area contributed by atoms with Gasteiger partial charge in [-0.15, -0.1) is 0 Å². The van der Waals surface area contributed by atoms with Gasteiger partial charge < -0.3 is 13.3 Å². The van der Waals surface area contributed by atoms with Crippen molar-refractivity contribution in [2.45, 2.75) is 117 Å². The van der Waals surface area contributed by atoms with Crippen LogP contribution in [0.15, 0.2) is 0 Å². The first-order valence-corrected chi connectivity index (χ1v) is 12.5. The van der Waals surface area contributed by atoms with Gasteiger partial charge in [0.05, 0.1) is 0 Å². The number of thiol groups is 1. The van der Waals surface area contributed by atoms with E-state index in [-0.39, 0.29) is 18.3 Å². The van der Waals surface area contributed by atoms with Crippen LogP contribution < -0.4 is 0 Å². The summed E-state index contributed by atoms with van der Waals surface area (Å²) >= 11 is 4.26. The lowest BCUT2D eigenvalue weighted by atomic mass is 10.1. The van der Waals surface area contributed by atoms with Crippen LogP contribution >= 0.6 is 12.6 Å². The van der Waals surface area contributed by atoms with Crippen molar-refractivity contribution < 1.29 is 13.3 Å². The van der Waals surface area contributed by atoms with E-state index in [4.69, 9.17) is 13.3 Å². The monoisotopic (exact) mass is 378 g/mol. The molecule has 5 heteroatoms. The highest BCUT2D eigenvalue weighted by Gasteiger charge is 2.43. The molecular formula is C19H42O3SSi. The van der Waals surface area contributed by atoms with Crippen molar-refractivity contribution in [1.29, 1.82) is 0 Å². The van der Waals surface area contributed by atoms with Crippen molar-refractivity contribution in [3.63, 3.8) is 0 Å². The zero-order chi connectivity index (χ0) is 18.4. The molecule has 0 aromatic rings. The van der Waals surface area contributed by atoms with E-state index in [1.165, 1.54) is 44.9 Å². The van der Waals surface area contributed by atoms with Crippen LogP contribution in [0.4, 0.5) is 0 Å². The SMILES string of the molecule is CC(C)O[Si](CCCCCCCCCCS)(OC(C)C)OC(C)C. The van der Waals surface area contributed by atoms with Gasteiger partial charge >= 0.3 is 8.80 Å². The topological polar surface area (TPSA) is 27.7 Å². The molecule has 0 aromatic heterocycles. The highest BCUT2D eigenvalue weighted by molar-refractivity contribution is 7.80. The summed E-state index contributed by atoms with van der Waals surface area (Å²) in [6, 6.07) is 0.932. The molecule has 0 saturated carbocycles. The fourth-order valence-corrected chi connectivity index (χ4v) is 6.43. The molecule has 0 atom stereocenters. The third kappa shape index (κ3) is 13.7. The van der Waals surface area contributed by atoms with Gasteiger partial charge in [0, 0.05) is 24.4 Å². The third-order valence-corrected chi connectivity index (χ3v) is 7.41. The van der Waals surface area contributed by atoms with Gasteiger partial charge in [-0.25, -0.2) is 0 Å². The van der Waals surface area contributed by atoms with Gasteiger partial charge in [-0.1, -0.05) is 38.5 Å². The van der Waals surface area contributed by atoms with Crippen LogP contribution in [0.2, 0.25) is 6.04 Å². The fraction of sp³-hybridized carbons (Fsp3) is 1.00. The summed E-state index contributed by atoms with van der Waals surface area (Å²) in [6.07, 6.45) is 10.7. The van der Waals surface area contributed by atoms with E-state index >= 15 is 0 Å². The second-order valence-corrected chi connectivity index (χ2v) is 10.5. The summed E-state index contributed by atoms with van der Waals surface area (Å²) in [5, 5.41) is 0. The van der Waals surface area contributed by atoms with Crippen molar-refractivity contribution in [1.82, 2.24) is 0 Å². The van der Waals surface area contributed by atoms with Crippen LogP contribution in [0.25, 0.3) is 0 Å².